The van der Waals surface area contributed by atoms with Gasteiger partial charge >= 0.3 is 0 Å². The third-order valence-corrected chi connectivity index (χ3v) is 7.71. The number of carbonyl (C=O) groups is 2. The van der Waals surface area contributed by atoms with Crippen molar-refractivity contribution in [3.8, 4) is 11.5 Å². The summed E-state index contributed by atoms with van der Waals surface area (Å²) >= 11 is 0. The molecule has 0 bridgehead atoms. The molecule has 3 rings (SSSR count). The van der Waals surface area contributed by atoms with Crippen molar-refractivity contribution < 1.29 is 27.5 Å². The van der Waals surface area contributed by atoms with Gasteiger partial charge in [-0.1, -0.05) is 29.8 Å². The molecular weight excluding hydrogens is 458 g/mol. The highest BCUT2D eigenvalue weighted by atomic mass is 32.2. The van der Waals surface area contributed by atoms with E-state index in [0.717, 1.165) is 11.1 Å². The van der Waals surface area contributed by atoms with Crippen LogP contribution in [0.1, 0.15) is 30.5 Å². The number of aryl methyl sites for hydroxylation is 1. The number of rotatable bonds is 8. The number of nitrogens with one attached hydrogen (secondary N) is 1. The van der Waals surface area contributed by atoms with Gasteiger partial charge < -0.3 is 19.7 Å². The molecule has 0 aromatic heterocycles. The molecule has 0 radical (unpaired) electrons. The van der Waals surface area contributed by atoms with Gasteiger partial charge in [-0.2, -0.15) is 4.31 Å². The summed E-state index contributed by atoms with van der Waals surface area (Å²) in [5.74, 6) is 0.420. The lowest BCUT2D eigenvalue weighted by Gasteiger charge is -2.35. The number of methoxy groups -OCH3 is 2. The standard InChI is InChI=1S/C24H31N3O6S/c1-17-5-7-19(8-6-17)21(25-18(2)28)16-24(29)26-11-13-27(14-12-26)34(30,31)20-9-10-22(32-3)23(15-20)33-4/h5-10,15,21H,11-14,16H2,1-4H3,(H,25,28)/t21-/m1/s1. The quantitative estimate of drug-likeness (QED) is 0.609. The molecule has 2 aromatic carbocycles. The summed E-state index contributed by atoms with van der Waals surface area (Å²) < 4.78 is 38.0. The van der Waals surface area contributed by atoms with Gasteiger partial charge in [0, 0.05) is 39.2 Å². The molecule has 184 valence electrons. The van der Waals surface area contributed by atoms with Crippen molar-refractivity contribution in [1.29, 1.82) is 0 Å². The van der Waals surface area contributed by atoms with E-state index in [1.54, 1.807) is 11.0 Å². The van der Waals surface area contributed by atoms with Gasteiger partial charge in [0.05, 0.1) is 31.6 Å². The molecule has 2 aromatic rings. The smallest absolute Gasteiger partial charge is 0.243 e. The van der Waals surface area contributed by atoms with Crippen molar-refractivity contribution in [2.24, 2.45) is 0 Å². The minimum atomic E-state index is -3.75. The van der Waals surface area contributed by atoms with Crippen molar-refractivity contribution in [3.05, 3.63) is 53.6 Å². The van der Waals surface area contributed by atoms with Crippen molar-refractivity contribution in [2.75, 3.05) is 40.4 Å². The Kier molecular flexibility index (Phi) is 8.16. The Labute approximate surface area is 200 Å². The van der Waals surface area contributed by atoms with Crippen LogP contribution in [-0.2, 0) is 19.6 Å². The fraction of sp³-hybridized carbons (Fsp3) is 0.417. The number of ether oxygens (including phenoxy) is 2. The van der Waals surface area contributed by atoms with E-state index in [9.17, 15) is 18.0 Å². The second-order valence-electron chi connectivity index (χ2n) is 8.17. The van der Waals surface area contributed by atoms with Gasteiger partial charge in [0.25, 0.3) is 0 Å². The number of piperazine rings is 1. The zero-order valence-electron chi connectivity index (χ0n) is 19.9. The molecule has 1 aliphatic rings. The molecule has 1 heterocycles. The first-order chi connectivity index (χ1) is 16.1. The van der Waals surface area contributed by atoms with Crippen molar-refractivity contribution in [3.63, 3.8) is 0 Å². The molecule has 1 N–H and O–H groups in total. The van der Waals surface area contributed by atoms with Crippen molar-refractivity contribution in [2.45, 2.75) is 31.2 Å². The number of hydrogen-bond acceptors (Lipinski definition) is 6. The number of amides is 2. The van der Waals surface area contributed by atoms with Crippen molar-refractivity contribution in [1.82, 2.24) is 14.5 Å². The van der Waals surface area contributed by atoms with Crippen LogP contribution in [0.3, 0.4) is 0 Å². The summed E-state index contributed by atoms with van der Waals surface area (Å²) in [6, 6.07) is 11.7. The van der Waals surface area contributed by atoms with E-state index >= 15 is 0 Å². The second kappa shape index (κ2) is 10.9. The largest absolute Gasteiger partial charge is 0.493 e. The lowest BCUT2D eigenvalue weighted by Crippen LogP contribution is -2.51. The average Bonchev–Trinajstić information content (AvgIpc) is 2.83. The summed E-state index contributed by atoms with van der Waals surface area (Å²) in [5, 5.41) is 2.85. The topological polar surface area (TPSA) is 105 Å². The van der Waals surface area contributed by atoms with Crippen LogP contribution in [0, 0.1) is 6.92 Å². The Hall–Kier alpha value is -3.11. The summed E-state index contributed by atoms with van der Waals surface area (Å²) in [5.41, 5.74) is 1.94. The van der Waals surface area contributed by atoms with Gasteiger partial charge in [-0.15, -0.1) is 0 Å². The first-order valence-corrected chi connectivity index (χ1v) is 12.4. The Balaban J connectivity index is 1.66. The van der Waals surface area contributed by atoms with Gasteiger partial charge in [0.15, 0.2) is 11.5 Å². The van der Waals surface area contributed by atoms with Crippen LogP contribution in [0.2, 0.25) is 0 Å². The second-order valence-corrected chi connectivity index (χ2v) is 10.1. The fourth-order valence-corrected chi connectivity index (χ4v) is 5.34. The average molecular weight is 490 g/mol. The van der Waals surface area contributed by atoms with Crippen LogP contribution in [0.4, 0.5) is 0 Å². The molecular formula is C24H31N3O6S. The van der Waals surface area contributed by atoms with Gasteiger partial charge in [-0.25, -0.2) is 8.42 Å². The molecule has 1 saturated heterocycles. The van der Waals surface area contributed by atoms with E-state index in [0.29, 0.717) is 11.5 Å². The number of nitrogens with zero attached hydrogens (tertiary/aromatic N) is 2. The van der Waals surface area contributed by atoms with Gasteiger partial charge in [0.1, 0.15) is 0 Å². The molecule has 9 nitrogen and oxygen atoms in total. The Bertz CT molecular complexity index is 1130. The van der Waals surface area contributed by atoms with E-state index in [2.05, 4.69) is 5.32 Å². The Morgan fingerprint density at radius 2 is 1.59 bits per heavy atom. The monoisotopic (exact) mass is 489 g/mol. The van der Waals surface area contributed by atoms with Crippen LogP contribution < -0.4 is 14.8 Å². The molecule has 0 unspecified atom stereocenters. The summed E-state index contributed by atoms with van der Waals surface area (Å²) in [7, 11) is -0.820. The van der Waals surface area contributed by atoms with Crippen LogP contribution in [0.25, 0.3) is 0 Å². The van der Waals surface area contributed by atoms with Crippen molar-refractivity contribution >= 4 is 21.8 Å². The summed E-state index contributed by atoms with van der Waals surface area (Å²) in [6.07, 6.45) is 0.102. The fourth-order valence-electron chi connectivity index (χ4n) is 3.90. The van der Waals surface area contributed by atoms with Gasteiger partial charge in [0.2, 0.25) is 21.8 Å². The van der Waals surface area contributed by atoms with E-state index in [1.807, 2.05) is 31.2 Å². The minimum absolute atomic E-state index is 0.102. The third kappa shape index (κ3) is 5.87. The maximum Gasteiger partial charge on any atom is 0.243 e. The maximum absolute atomic E-state index is 13.1. The number of carbonyl (C=O) groups excluding carboxylic acids is 2. The maximum atomic E-state index is 13.1. The molecule has 34 heavy (non-hydrogen) atoms. The molecule has 1 aliphatic heterocycles. The van der Waals surface area contributed by atoms with Crippen LogP contribution in [0.15, 0.2) is 47.4 Å². The number of sulfonamides is 1. The Morgan fingerprint density at radius 3 is 2.15 bits per heavy atom. The van der Waals surface area contributed by atoms with Crippen LogP contribution in [-0.4, -0.2) is 69.8 Å². The minimum Gasteiger partial charge on any atom is -0.493 e. The van der Waals surface area contributed by atoms with Gasteiger partial charge in [-0.3, -0.25) is 9.59 Å². The van der Waals surface area contributed by atoms with Gasteiger partial charge in [-0.05, 0) is 24.6 Å². The highest BCUT2D eigenvalue weighted by Gasteiger charge is 2.31. The van der Waals surface area contributed by atoms with E-state index < -0.39 is 16.1 Å². The summed E-state index contributed by atoms with van der Waals surface area (Å²) in [6.45, 7) is 4.29. The molecule has 10 heteroatoms. The number of hydrogen-bond donors (Lipinski definition) is 1. The Morgan fingerprint density at radius 1 is 0.971 bits per heavy atom. The molecule has 0 saturated carbocycles. The SMILES string of the molecule is COc1ccc(S(=O)(=O)N2CCN(C(=O)C[C@@H](NC(C)=O)c3ccc(C)cc3)CC2)cc1OC. The highest BCUT2D eigenvalue weighted by Crippen LogP contribution is 2.31. The molecule has 1 atom stereocenters. The first kappa shape index (κ1) is 25.5. The zero-order valence-corrected chi connectivity index (χ0v) is 20.7. The summed E-state index contributed by atoms with van der Waals surface area (Å²) in [4.78, 5) is 26.4. The molecule has 1 fully saturated rings. The molecule has 2 amide bonds. The third-order valence-electron chi connectivity index (χ3n) is 5.82. The first-order valence-electron chi connectivity index (χ1n) is 11.0. The van der Waals surface area contributed by atoms with Crippen LogP contribution >= 0.6 is 0 Å². The zero-order chi connectivity index (χ0) is 24.9. The molecule has 0 aliphatic carbocycles. The van der Waals surface area contributed by atoms with Crippen LogP contribution in [0.5, 0.6) is 11.5 Å². The number of benzene rings is 2. The van der Waals surface area contributed by atoms with E-state index in [1.165, 1.54) is 37.6 Å². The predicted octanol–water partition coefficient (Wildman–Crippen LogP) is 2.11. The van der Waals surface area contributed by atoms with E-state index in [-0.39, 0.29) is 49.3 Å². The lowest BCUT2D eigenvalue weighted by molar-refractivity contribution is -0.133. The van der Waals surface area contributed by atoms with E-state index in [4.69, 9.17) is 9.47 Å². The predicted molar refractivity (Wildman–Crippen MR) is 127 cm³/mol. The highest BCUT2D eigenvalue weighted by molar-refractivity contribution is 7.89. The molecule has 0 spiro atoms. The normalized spacial score (nSPS) is 15.5. The lowest BCUT2D eigenvalue weighted by atomic mass is 10.0.